The van der Waals surface area contributed by atoms with Gasteiger partial charge in [0, 0.05) is 27.2 Å². The third-order valence-corrected chi connectivity index (χ3v) is 3.43. The number of hydrogen-bond donors (Lipinski definition) is 3. The van der Waals surface area contributed by atoms with Crippen molar-refractivity contribution in [1.29, 1.82) is 0 Å². The summed E-state index contributed by atoms with van der Waals surface area (Å²) in [4.78, 5) is 3.17. The van der Waals surface area contributed by atoms with E-state index in [-0.39, 0.29) is 0 Å². The number of aromatic nitrogens is 1. The zero-order valence-electron chi connectivity index (χ0n) is 7.37. The van der Waals surface area contributed by atoms with Gasteiger partial charge >= 0.3 is 0 Å². The highest BCUT2D eigenvalue weighted by Gasteiger charge is 2.07. The summed E-state index contributed by atoms with van der Waals surface area (Å²) in [5.41, 5.74) is 13.5. The van der Waals surface area contributed by atoms with Gasteiger partial charge in [-0.25, -0.2) is 0 Å². The number of rotatable bonds is 0. The molecule has 0 aliphatic heterocycles. The summed E-state index contributed by atoms with van der Waals surface area (Å²) in [7, 11) is 0. The zero-order valence-corrected chi connectivity index (χ0v) is 8.19. The predicted octanol–water partition coefficient (Wildman–Crippen LogP) is 2.55. The predicted molar refractivity (Wildman–Crippen MR) is 62.5 cm³/mol. The van der Waals surface area contributed by atoms with Crippen LogP contribution in [0.1, 0.15) is 0 Å². The summed E-state index contributed by atoms with van der Waals surface area (Å²) in [6.07, 6.45) is 1.92. The van der Waals surface area contributed by atoms with Crippen LogP contribution in [0.25, 0.3) is 21.0 Å². The molecule has 14 heavy (non-hydrogen) atoms. The fourth-order valence-corrected chi connectivity index (χ4v) is 2.59. The minimum atomic E-state index is 0.702. The van der Waals surface area contributed by atoms with Gasteiger partial charge in [0.05, 0.1) is 5.69 Å². The molecule has 0 spiro atoms. The van der Waals surface area contributed by atoms with Crippen LogP contribution in [0.15, 0.2) is 24.4 Å². The molecule has 0 amide bonds. The Morgan fingerprint density at radius 2 is 2.07 bits per heavy atom. The molecule has 3 nitrogen and oxygen atoms in total. The van der Waals surface area contributed by atoms with E-state index in [0.717, 1.165) is 15.6 Å². The monoisotopic (exact) mass is 203 g/mol. The second kappa shape index (κ2) is 2.42. The van der Waals surface area contributed by atoms with Crippen LogP contribution in [0.4, 0.5) is 10.7 Å². The van der Waals surface area contributed by atoms with E-state index in [0.29, 0.717) is 10.7 Å². The first-order chi connectivity index (χ1) is 6.75. The summed E-state index contributed by atoms with van der Waals surface area (Å²) < 4.78 is 1.13. The highest BCUT2D eigenvalue weighted by atomic mass is 32.1. The number of H-pyrrole nitrogens is 1. The van der Waals surface area contributed by atoms with Gasteiger partial charge in [-0.2, -0.15) is 0 Å². The lowest BCUT2D eigenvalue weighted by molar-refractivity contribution is 1.48. The Labute approximate surface area is 84.3 Å². The molecule has 1 aromatic carbocycles. The maximum Gasteiger partial charge on any atom is 0.110 e. The van der Waals surface area contributed by atoms with Crippen molar-refractivity contribution in [2.24, 2.45) is 0 Å². The lowest BCUT2D eigenvalue weighted by atomic mass is 10.2. The number of nitrogens with one attached hydrogen (secondary N) is 1. The van der Waals surface area contributed by atoms with Gasteiger partial charge < -0.3 is 16.5 Å². The van der Waals surface area contributed by atoms with Gasteiger partial charge in [-0.15, -0.1) is 11.3 Å². The standard InChI is InChI=1S/C10H9N3S/c11-9-6-3-5-1-2-13-7(5)4-8(6)14-10(9)12/h1-4,13H,11-12H2. The normalized spacial score (nSPS) is 11.4. The molecule has 3 rings (SSSR count). The van der Waals surface area contributed by atoms with Crippen molar-refractivity contribution in [2.45, 2.75) is 0 Å². The van der Waals surface area contributed by atoms with Gasteiger partial charge in [-0.1, -0.05) is 0 Å². The Bertz CT molecular complexity index is 621. The molecule has 0 atom stereocenters. The van der Waals surface area contributed by atoms with Crippen LogP contribution in [0.5, 0.6) is 0 Å². The summed E-state index contributed by atoms with van der Waals surface area (Å²) in [6, 6.07) is 6.19. The maximum atomic E-state index is 5.87. The first-order valence-corrected chi connectivity index (χ1v) is 5.12. The number of benzene rings is 1. The van der Waals surface area contributed by atoms with Crippen LogP contribution in [0.3, 0.4) is 0 Å². The smallest absolute Gasteiger partial charge is 0.110 e. The molecule has 0 aliphatic carbocycles. The zero-order chi connectivity index (χ0) is 9.71. The lowest BCUT2D eigenvalue weighted by Crippen LogP contribution is -1.87. The van der Waals surface area contributed by atoms with Crippen molar-refractivity contribution in [1.82, 2.24) is 4.98 Å². The van der Waals surface area contributed by atoms with Gasteiger partial charge in [0.15, 0.2) is 0 Å². The second-order valence-electron chi connectivity index (χ2n) is 3.29. The van der Waals surface area contributed by atoms with Crippen molar-refractivity contribution in [3.05, 3.63) is 24.4 Å². The minimum absolute atomic E-state index is 0.702. The number of fused-ring (bicyclic) bond motifs is 2. The summed E-state index contributed by atoms with van der Waals surface area (Å²) in [6.45, 7) is 0. The number of anilines is 2. The van der Waals surface area contributed by atoms with E-state index in [1.807, 2.05) is 12.3 Å². The van der Waals surface area contributed by atoms with Gasteiger partial charge in [0.25, 0.3) is 0 Å². The largest absolute Gasteiger partial charge is 0.396 e. The third-order valence-electron chi connectivity index (χ3n) is 2.43. The number of nitrogens with two attached hydrogens (primary N) is 2. The Morgan fingerprint density at radius 3 is 2.93 bits per heavy atom. The van der Waals surface area contributed by atoms with Crippen LogP contribution < -0.4 is 11.5 Å². The van der Waals surface area contributed by atoms with Crippen molar-refractivity contribution in [3.63, 3.8) is 0 Å². The molecule has 4 heteroatoms. The van der Waals surface area contributed by atoms with E-state index < -0.39 is 0 Å². The molecule has 0 radical (unpaired) electrons. The van der Waals surface area contributed by atoms with E-state index in [9.17, 15) is 0 Å². The highest BCUT2D eigenvalue weighted by Crippen LogP contribution is 2.37. The molecular formula is C10H9N3S. The minimum Gasteiger partial charge on any atom is -0.396 e. The van der Waals surface area contributed by atoms with Crippen LogP contribution in [0.2, 0.25) is 0 Å². The summed E-state index contributed by atoms with van der Waals surface area (Å²) >= 11 is 1.53. The Balaban J connectivity index is 2.56. The number of thiophene rings is 1. The van der Waals surface area contributed by atoms with Crippen molar-refractivity contribution >= 4 is 43.0 Å². The van der Waals surface area contributed by atoms with Gasteiger partial charge in [0.1, 0.15) is 5.00 Å². The molecule has 0 saturated carbocycles. The third kappa shape index (κ3) is 0.858. The summed E-state index contributed by atoms with van der Waals surface area (Å²) in [5, 5.41) is 2.93. The lowest BCUT2D eigenvalue weighted by Gasteiger charge is -1.93. The van der Waals surface area contributed by atoms with E-state index >= 15 is 0 Å². The van der Waals surface area contributed by atoms with Crippen LogP contribution >= 0.6 is 11.3 Å². The molecule has 70 valence electrons. The molecule has 2 heterocycles. The fourth-order valence-electron chi connectivity index (χ4n) is 1.68. The first-order valence-electron chi connectivity index (χ1n) is 4.30. The van der Waals surface area contributed by atoms with E-state index in [1.54, 1.807) is 0 Å². The highest BCUT2D eigenvalue weighted by molar-refractivity contribution is 7.23. The first kappa shape index (κ1) is 7.70. The molecule has 0 saturated heterocycles. The second-order valence-corrected chi connectivity index (χ2v) is 4.38. The number of aromatic amines is 1. The van der Waals surface area contributed by atoms with E-state index in [4.69, 9.17) is 11.5 Å². The quantitative estimate of drug-likeness (QED) is 0.525. The average molecular weight is 203 g/mol. The van der Waals surface area contributed by atoms with Crippen LogP contribution in [-0.4, -0.2) is 4.98 Å². The Morgan fingerprint density at radius 1 is 1.21 bits per heavy atom. The average Bonchev–Trinajstić information content (AvgIpc) is 2.70. The van der Waals surface area contributed by atoms with E-state index in [2.05, 4.69) is 17.1 Å². The van der Waals surface area contributed by atoms with Gasteiger partial charge in [0.2, 0.25) is 0 Å². The molecule has 2 aromatic heterocycles. The molecule has 3 aromatic rings. The molecule has 0 fully saturated rings. The van der Waals surface area contributed by atoms with Gasteiger partial charge in [-0.3, -0.25) is 0 Å². The van der Waals surface area contributed by atoms with Crippen molar-refractivity contribution in [3.8, 4) is 0 Å². The number of hydrogen-bond acceptors (Lipinski definition) is 3. The molecular weight excluding hydrogens is 194 g/mol. The van der Waals surface area contributed by atoms with Crippen LogP contribution in [-0.2, 0) is 0 Å². The van der Waals surface area contributed by atoms with E-state index in [1.165, 1.54) is 16.7 Å². The molecule has 0 unspecified atom stereocenters. The SMILES string of the molecule is Nc1sc2cc3[nH]ccc3cc2c1N. The van der Waals surface area contributed by atoms with Crippen molar-refractivity contribution in [2.75, 3.05) is 11.5 Å². The summed E-state index contributed by atoms with van der Waals surface area (Å²) in [5.74, 6) is 0. The van der Waals surface area contributed by atoms with Gasteiger partial charge in [-0.05, 0) is 18.2 Å². The van der Waals surface area contributed by atoms with Crippen molar-refractivity contribution < 1.29 is 0 Å². The fraction of sp³-hybridized carbons (Fsp3) is 0. The Hall–Kier alpha value is -1.68. The number of nitrogen functional groups attached to an aromatic ring is 2. The van der Waals surface area contributed by atoms with Crippen LogP contribution in [0, 0.1) is 0 Å². The molecule has 0 bridgehead atoms. The topological polar surface area (TPSA) is 67.8 Å². The molecule has 0 aliphatic rings. The maximum absolute atomic E-state index is 5.87. The Kier molecular flexibility index (Phi) is 1.33. The molecule has 5 N–H and O–H groups in total.